The zero-order valence-electron chi connectivity index (χ0n) is 10.0. The highest BCUT2D eigenvalue weighted by molar-refractivity contribution is 7.99. The second-order valence-electron chi connectivity index (χ2n) is 4.29. The summed E-state index contributed by atoms with van der Waals surface area (Å²) in [4.78, 5) is 3.93. The number of sulfonamides is 1. The molecule has 7 heteroatoms. The lowest BCUT2D eigenvalue weighted by Gasteiger charge is -2.10. The van der Waals surface area contributed by atoms with Crippen LogP contribution in [-0.4, -0.2) is 31.5 Å². The zero-order valence-corrected chi connectivity index (χ0v) is 11.6. The SMILES string of the molecule is NCc1ccc(S(=O)(=O)NCC2CCSC2)nc1. The highest BCUT2D eigenvalue weighted by Crippen LogP contribution is 2.22. The van der Waals surface area contributed by atoms with Crippen molar-refractivity contribution in [1.29, 1.82) is 0 Å². The molecule has 0 aliphatic carbocycles. The van der Waals surface area contributed by atoms with Crippen molar-refractivity contribution >= 4 is 21.8 Å². The number of rotatable bonds is 5. The topological polar surface area (TPSA) is 85.1 Å². The standard InChI is InChI=1S/C11H17N3O2S2/c12-5-9-1-2-11(13-6-9)18(15,16)14-7-10-3-4-17-8-10/h1-2,6,10,14H,3-5,7-8,12H2. The van der Waals surface area contributed by atoms with E-state index in [0.29, 0.717) is 19.0 Å². The minimum atomic E-state index is -3.48. The van der Waals surface area contributed by atoms with E-state index in [9.17, 15) is 8.42 Å². The van der Waals surface area contributed by atoms with Crippen LogP contribution in [-0.2, 0) is 16.6 Å². The van der Waals surface area contributed by atoms with Gasteiger partial charge in [-0.3, -0.25) is 0 Å². The van der Waals surface area contributed by atoms with Gasteiger partial charge in [0.1, 0.15) is 0 Å². The monoisotopic (exact) mass is 287 g/mol. The molecular weight excluding hydrogens is 270 g/mol. The fraction of sp³-hybridized carbons (Fsp3) is 0.545. The van der Waals surface area contributed by atoms with Crippen molar-refractivity contribution in [2.45, 2.75) is 18.0 Å². The Bertz CT molecular complexity index is 482. The average molecular weight is 287 g/mol. The van der Waals surface area contributed by atoms with Gasteiger partial charge in [-0.1, -0.05) is 6.07 Å². The van der Waals surface area contributed by atoms with Gasteiger partial charge in [-0.2, -0.15) is 11.8 Å². The number of nitrogens with two attached hydrogens (primary N) is 1. The molecule has 1 atom stereocenters. The van der Waals surface area contributed by atoms with Crippen LogP contribution in [0.2, 0.25) is 0 Å². The highest BCUT2D eigenvalue weighted by Gasteiger charge is 2.20. The quantitative estimate of drug-likeness (QED) is 0.827. The van der Waals surface area contributed by atoms with Gasteiger partial charge >= 0.3 is 0 Å². The van der Waals surface area contributed by atoms with Crippen molar-refractivity contribution in [3.8, 4) is 0 Å². The second-order valence-corrected chi connectivity index (χ2v) is 7.15. The summed E-state index contributed by atoms with van der Waals surface area (Å²) in [6.07, 6.45) is 2.58. The number of nitrogens with zero attached hydrogens (tertiary/aromatic N) is 1. The molecule has 0 spiro atoms. The normalized spacial score (nSPS) is 20.2. The number of pyridine rings is 1. The van der Waals surface area contributed by atoms with E-state index < -0.39 is 10.0 Å². The minimum Gasteiger partial charge on any atom is -0.326 e. The molecule has 2 rings (SSSR count). The molecule has 3 N–H and O–H groups in total. The molecule has 1 fully saturated rings. The van der Waals surface area contributed by atoms with Crippen LogP contribution >= 0.6 is 11.8 Å². The lowest BCUT2D eigenvalue weighted by atomic mass is 10.1. The van der Waals surface area contributed by atoms with Crippen molar-refractivity contribution < 1.29 is 8.42 Å². The summed E-state index contributed by atoms with van der Waals surface area (Å²) in [6.45, 7) is 0.857. The Kier molecular flexibility index (Phi) is 4.60. The molecule has 0 amide bonds. The molecule has 1 unspecified atom stereocenters. The molecule has 1 aliphatic heterocycles. The molecule has 2 heterocycles. The summed E-state index contributed by atoms with van der Waals surface area (Å²) in [6, 6.07) is 3.18. The van der Waals surface area contributed by atoms with Crippen molar-refractivity contribution in [2.75, 3.05) is 18.1 Å². The number of hydrogen-bond donors (Lipinski definition) is 2. The number of aromatic nitrogens is 1. The Morgan fingerprint density at radius 1 is 1.50 bits per heavy atom. The van der Waals surface area contributed by atoms with Gasteiger partial charge in [0, 0.05) is 19.3 Å². The fourth-order valence-corrected chi connectivity index (χ4v) is 4.06. The summed E-state index contributed by atoms with van der Waals surface area (Å²) in [5, 5.41) is 0.0605. The van der Waals surface area contributed by atoms with Crippen molar-refractivity contribution in [2.24, 2.45) is 11.7 Å². The maximum Gasteiger partial charge on any atom is 0.258 e. The second kappa shape index (κ2) is 6.01. The summed E-state index contributed by atoms with van der Waals surface area (Å²) in [7, 11) is -3.48. The van der Waals surface area contributed by atoms with E-state index >= 15 is 0 Å². The number of nitrogens with one attached hydrogen (secondary N) is 1. The Labute approximate surface area is 112 Å². The Hall–Kier alpha value is -0.630. The Balaban J connectivity index is 2.00. The molecule has 5 nitrogen and oxygen atoms in total. The van der Waals surface area contributed by atoms with Gasteiger partial charge in [0.05, 0.1) is 0 Å². The van der Waals surface area contributed by atoms with Crippen LogP contribution in [0.1, 0.15) is 12.0 Å². The predicted molar refractivity (Wildman–Crippen MR) is 72.7 cm³/mol. The first kappa shape index (κ1) is 13.8. The smallest absolute Gasteiger partial charge is 0.258 e. The van der Waals surface area contributed by atoms with Gasteiger partial charge < -0.3 is 5.73 Å². The van der Waals surface area contributed by atoms with Gasteiger partial charge in [-0.05, 0) is 35.5 Å². The molecule has 0 saturated carbocycles. The first-order valence-electron chi connectivity index (χ1n) is 5.84. The van der Waals surface area contributed by atoms with Gasteiger partial charge in [-0.15, -0.1) is 0 Å². The van der Waals surface area contributed by atoms with Crippen molar-refractivity contribution in [1.82, 2.24) is 9.71 Å². The molecule has 1 saturated heterocycles. The first-order chi connectivity index (χ1) is 8.62. The summed E-state index contributed by atoms with van der Waals surface area (Å²) in [5.41, 5.74) is 6.26. The van der Waals surface area contributed by atoms with Crippen molar-refractivity contribution in [3.63, 3.8) is 0 Å². The fourth-order valence-electron chi connectivity index (χ4n) is 1.74. The molecule has 1 aliphatic rings. The van der Waals surface area contributed by atoms with Crippen molar-refractivity contribution in [3.05, 3.63) is 23.9 Å². The highest BCUT2D eigenvalue weighted by atomic mass is 32.2. The predicted octanol–water partition coefficient (Wildman–Crippen LogP) is 0.572. The lowest BCUT2D eigenvalue weighted by molar-refractivity contribution is 0.543. The van der Waals surface area contributed by atoms with E-state index in [1.165, 1.54) is 12.3 Å². The van der Waals surface area contributed by atoms with Crippen LogP contribution < -0.4 is 10.5 Å². The van der Waals surface area contributed by atoms with E-state index in [1.807, 2.05) is 11.8 Å². The van der Waals surface area contributed by atoms with Gasteiger partial charge in [0.25, 0.3) is 10.0 Å². The first-order valence-corrected chi connectivity index (χ1v) is 8.48. The van der Waals surface area contributed by atoms with Crippen LogP contribution in [0.4, 0.5) is 0 Å². The zero-order chi connectivity index (χ0) is 13.0. The van der Waals surface area contributed by atoms with Crippen LogP contribution in [0.5, 0.6) is 0 Å². The number of hydrogen-bond acceptors (Lipinski definition) is 5. The van der Waals surface area contributed by atoms with Crippen LogP contribution in [0, 0.1) is 5.92 Å². The maximum absolute atomic E-state index is 12.0. The van der Waals surface area contributed by atoms with Crippen LogP contribution in [0.3, 0.4) is 0 Å². The molecule has 1 aromatic rings. The van der Waals surface area contributed by atoms with Gasteiger partial charge in [-0.25, -0.2) is 18.1 Å². The molecule has 0 bridgehead atoms. The third-order valence-electron chi connectivity index (χ3n) is 2.89. The van der Waals surface area contributed by atoms with E-state index in [0.717, 1.165) is 23.5 Å². The third kappa shape index (κ3) is 3.44. The van der Waals surface area contributed by atoms with Crippen LogP contribution in [0.25, 0.3) is 0 Å². The largest absolute Gasteiger partial charge is 0.326 e. The van der Waals surface area contributed by atoms with E-state index in [2.05, 4.69) is 9.71 Å². The van der Waals surface area contributed by atoms with Gasteiger partial charge in [0.2, 0.25) is 0 Å². The molecule has 100 valence electrons. The maximum atomic E-state index is 12.0. The molecule has 18 heavy (non-hydrogen) atoms. The summed E-state index contributed by atoms with van der Waals surface area (Å²) >= 11 is 1.87. The molecule has 1 aromatic heterocycles. The average Bonchev–Trinajstić information content (AvgIpc) is 2.90. The Morgan fingerprint density at radius 3 is 2.89 bits per heavy atom. The van der Waals surface area contributed by atoms with E-state index in [1.54, 1.807) is 6.07 Å². The van der Waals surface area contributed by atoms with E-state index in [-0.39, 0.29) is 5.03 Å². The molecule has 0 radical (unpaired) electrons. The summed E-state index contributed by atoms with van der Waals surface area (Å²) < 4.78 is 26.6. The summed E-state index contributed by atoms with van der Waals surface area (Å²) in [5.74, 6) is 2.59. The minimum absolute atomic E-state index is 0.0605. The Morgan fingerprint density at radius 2 is 2.33 bits per heavy atom. The van der Waals surface area contributed by atoms with Crippen LogP contribution in [0.15, 0.2) is 23.4 Å². The molecular formula is C11H17N3O2S2. The van der Waals surface area contributed by atoms with Gasteiger partial charge in [0.15, 0.2) is 5.03 Å². The number of thioether (sulfide) groups is 1. The molecule has 0 aromatic carbocycles. The van der Waals surface area contributed by atoms with E-state index in [4.69, 9.17) is 5.73 Å². The lowest BCUT2D eigenvalue weighted by Crippen LogP contribution is -2.30. The third-order valence-corrected chi connectivity index (χ3v) is 5.46.